The molecule has 1 saturated carbocycles. The molecule has 3 rings (SSSR count). The van der Waals surface area contributed by atoms with E-state index in [0.29, 0.717) is 12.3 Å². The van der Waals surface area contributed by atoms with E-state index < -0.39 is 0 Å². The average molecular weight is 357 g/mol. The van der Waals surface area contributed by atoms with Gasteiger partial charge in [0.2, 0.25) is 5.91 Å². The second kappa shape index (κ2) is 8.67. The van der Waals surface area contributed by atoms with E-state index >= 15 is 0 Å². The fourth-order valence-corrected chi connectivity index (χ4v) is 3.68. The van der Waals surface area contributed by atoms with Gasteiger partial charge in [-0.3, -0.25) is 14.5 Å². The van der Waals surface area contributed by atoms with Crippen molar-refractivity contribution in [3.8, 4) is 0 Å². The third kappa shape index (κ3) is 4.44. The van der Waals surface area contributed by atoms with Crippen LogP contribution < -0.4 is 0 Å². The first kappa shape index (κ1) is 18.9. The number of piperazine rings is 1. The van der Waals surface area contributed by atoms with Gasteiger partial charge >= 0.3 is 0 Å². The third-order valence-electron chi connectivity index (χ3n) is 5.87. The monoisotopic (exact) mass is 357 g/mol. The normalized spacial score (nSPS) is 18.5. The summed E-state index contributed by atoms with van der Waals surface area (Å²) in [6.07, 6.45) is 4.46. The van der Waals surface area contributed by atoms with Crippen LogP contribution in [0.2, 0.25) is 0 Å². The van der Waals surface area contributed by atoms with E-state index in [1.165, 1.54) is 24.8 Å². The molecule has 1 aliphatic heterocycles. The van der Waals surface area contributed by atoms with Crippen LogP contribution in [0.4, 0.5) is 0 Å². The van der Waals surface area contributed by atoms with E-state index in [-0.39, 0.29) is 11.8 Å². The number of benzene rings is 1. The number of amides is 2. The quantitative estimate of drug-likeness (QED) is 0.786. The minimum absolute atomic E-state index is 0.142. The Kier molecular flexibility index (Phi) is 6.30. The van der Waals surface area contributed by atoms with Crippen molar-refractivity contribution in [2.75, 3.05) is 46.3 Å². The number of hydrogen-bond acceptors (Lipinski definition) is 3. The average Bonchev–Trinajstić information content (AvgIpc) is 2.64. The molecule has 0 bridgehead atoms. The highest BCUT2D eigenvalue weighted by Crippen LogP contribution is 2.36. The first-order valence-corrected chi connectivity index (χ1v) is 9.94. The first-order valence-electron chi connectivity index (χ1n) is 9.94. The van der Waals surface area contributed by atoms with Gasteiger partial charge in [-0.1, -0.05) is 25.5 Å². The molecule has 0 unspecified atom stereocenters. The molecule has 5 heteroatoms. The molecule has 1 saturated heterocycles. The Morgan fingerprint density at radius 1 is 1.08 bits per heavy atom. The Morgan fingerprint density at radius 3 is 2.27 bits per heavy atom. The zero-order chi connectivity index (χ0) is 18.5. The lowest BCUT2D eigenvalue weighted by Gasteiger charge is -2.35. The smallest absolute Gasteiger partial charge is 0.253 e. The van der Waals surface area contributed by atoms with Gasteiger partial charge in [0.15, 0.2) is 0 Å². The summed E-state index contributed by atoms with van der Waals surface area (Å²) in [5.74, 6) is 1.03. The van der Waals surface area contributed by atoms with Gasteiger partial charge in [0.1, 0.15) is 0 Å². The molecular weight excluding hydrogens is 326 g/mol. The van der Waals surface area contributed by atoms with Crippen molar-refractivity contribution >= 4 is 11.8 Å². The van der Waals surface area contributed by atoms with Crippen molar-refractivity contribution in [3.05, 3.63) is 35.4 Å². The largest absolute Gasteiger partial charge is 0.344 e. The van der Waals surface area contributed by atoms with E-state index in [0.717, 1.165) is 44.8 Å². The molecule has 1 aliphatic carbocycles. The lowest BCUT2D eigenvalue weighted by molar-refractivity contribution is -0.129. The van der Waals surface area contributed by atoms with Crippen molar-refractivity contribution in [2.45, 2.75) is 38.5 Å². The first-order chi connectivity index (χ1) is 12.6. The van der Waals surface area contributed by atoms with Crippen LogP contribution in [0.1, 0.15) is 54.4 Å². The van der Waals surface area contributed by atoms with Gasteiger partial charge in [0.25, 0.3) is 5.91 Å². The second-order valence-electron chi connectivity index (χ2n) is 7.55. The molecule has 26 heavy (non-hydrogen) atoms. The maximum absolute atomic E-state index is 12.7. The van der Waals surface area contributed by atoms with Gasteiger partial charge < -0.3 is 9.80 Å². The fraction of sp³-hybridized carbons (Fsp3) is 0.619. The molecule has 142 valence electrons. The molecule has 0 atom stereocenters. The molecule has 2 fully saturated rings. The number of likely N-dealkylation sites (N-methyl/N-ethyl adjacent to an activating group) is 1. The minimum Gasteiger partial charge on any atom is -0.344 e. The van der Waals surface area contributed by atoms with Crippen LogP contribution in [0.15, 0.2) is 24.3 Å². The number of nitrogens with zero attached hydrogens (tertiary/aromatic N) is 3. The third-order valence-corrected chi connectivity index (χ3v) is 5.87. The Balaban J connectivity index is 1.45. The summed E-state index contributed by atoms with van der Waals surface area (Å²) in [5, 5.41) is 0. The number of carbonyl (C=O) groups excluding carboxylic acids is 2. The second-order valence-corrected chi connectivity index (χ2v) is 7.55. The van der Waals surface area contributed by atoms with Crippen LogP contribution in [-0.4, -0.2) is 72.8 Å². The number of hydrogen-bond donors (Lipinski definition) is 0. The summed E-state index contributed by atoms with van der Waals surface area (Å²) in [7, 11) is 1.86. The van der Waals surface area contributed by atoms with Crippen molar-refractivity contribution in [2.24, 2.45) is 0 Å². The fourth-order valence-electron chi connectivity index (χ4n) is 3.68. The lowest BCUT2D eigenvalue weighted by Crippen LogP contribution is -2.50. The zero-order valence-corrected chi connectivity index (χ0v) is 16.1. The predicted octanol–water partition coefficient (Wildman–Crippen LogP) is 2.58. The number of carbonyl (C=O) groups is 2. The molecule has 0 N–H and O–H groups in total. The van der Waals surface area contributed by atoms with E-state index in [1.807, 2.05) is 31.0 Å². The Labute approximate surface area is 156 Å². The highest BCUT2D eigenvalue weighted by molar-refractivity contribution is 5.94. The molecule has 0 spiro atoms. The highest BCUT2D eigenvalue weighted by Gasteiger charge is 2.23. The molecule has 1 aromatic carbocycles. The zero-order valence-electron chi connectivity index (χ0n) is 16.1. The summed E-state index contributed by atoms with van der Waals surface area (Å²) in [6, 6.07) is 8.25. The Morgan fingerprint density at radius 2 is 1.73 bits per heavy atom. The topological polar surface area (TPSA) is 43.9 Å². The highest BCUT2D eigenvalue weighted by atomic mass is 16.2. The molecular formula is C21H31N3O2. The Hall–Kier alpha value is -1.88. The molecule has 2 aliphatic rings. The van der Waals surface area contributed by atoms with Crippen LogP contribution in [-0.2, 0) is 4.79 Å². The summed E-state index contributed by atoms with van der Waals surface area (Å²) in [6.45, 7) is 6.79. The van der Waals surface area contributed by atoms with Crippen LogP contribution >= 0.6 is 0 Å². The lowest BCUT2D eigenvalue weighted by atomic mass is 9.80. The van der Waals surface area contributed by atoms with Crippen LogP contribution in [0.25, 0.3) is 0 Å². The molecule has 0 aromatic heterocycles. The van der Waals surface area contributed by atoms with Crippen molar-refractivity contribution in [1.29, 1.82) is 0 Å². The molecule has 1 aromatic rings. The van der Waals surface area contributed by atoms with Crippen molar-refractivity contribution < 1.29 is 9.59 Å². The maximum atomic E-state index is 12.7. The van der Waals surface area contributed by atoms with Gasteiger partial charge in [-0.05, 0) is 36.5 Å². The summed E-state index contributed by atoms with van der Waals surface area (Å²) in [4.78, 5) is 30.4. The van der Waals surface area contributed by atoms with E-state index in [4.69, 9.17) is 0 Å². The van der Waals surface area contributed by atoms with E-state index in [2.05, 4.69) is 17.0 Å². The maximum Gasteiger partial charge on any atom is 0.253 e. The van der Waals surface area contributed by atoms with Crippen LogP contribution in [0.5, 0.6) is 0 Å². The van der Waals surface area contributed by atoms with Gasteiger partial charge in [0, 0.05) is 58.3 Å². The van der Waals surface area contributed by atoms with Gasteiger partial charge in [0.05, 0.1) is 0 Å². The van der Waals surface area contributed by atoms with Gasteiger partial charge in [-0.25, -0.2) is 0 Å². The SMILES string of the molecule is CCC(=O)N(C)CCN1CCN(C(=O)c2ccc(C3CCC3)cc2)CC1. The Bertz CT molecular complexity index is 617. The van der Waals surface area contributed by atoms with Gasteiger partial charge in [-0.2, -0.15) is 0 Å². The molecule has 0 radical (unpaired) electrons. The number of rotatable bonds is 6. The summed E-state index contributed by atoms with van der Waals surface area (Å²) >= 11 is 0. The van der Waals surface area contributed by atoms with E-state index in [9.17, 15) is 9.59 Å². The molecule has 5 nitrogen and oxygen atoms in total. The summed E-state index contributed by atoms with van der Waals surface area (Å²) in [5.41, 5.74) is 2.18. The van der Waals surface area contributed by atoms with Crippen LogP contribution in [0, 0.1) is 0 Å². The van der Waals surface area contributed by atoms with Gasteiger partial charge in [-0.15, -0.1) is 0 Å². The summed E-state index contributed by atoms with van der Waals surface area (Å²) < 4.78 is 0. The standard InChI is InChI=1S/C21H31N3O2/c1-3-20(25)22(2)11-12-23-13-15-24(16-14-23)21(26)19-9-7-18(8-10-19)17-5-4-6-17/h7-10,17H,3-6,11-16H2,1-2H3. The van der Waals surface area contributed by atoms with Crippen molar-refractivity contribution in [1.82, 2.24) is 14.7 Å². The predicted molar refractivity (Wildman–Crippen MR) is 103 cm³/mol. The molecule has 1 heterocycles. The molecule has 2 amide bonds. The van der Waals surface area contributed by atoms with Crippen LogP contribution in [0.3, 0.4) is 0 Å². The minimum atomic E-state index is 0.142. The van der Waals surface area contributed by atoms with E-state index in [1.54, 1.807) is 4.90 Å². The van der Waals surface area contributed by atoms with Crippen molar-refractivity contribution in [3.63, 3.8) is 0 Å².